The molecule has 2 fully saturated rings. The fourth-order valence-corrected chi connectivity index (χ4v) is 4.97. The van der Waals surface area contributed by atoms with Crippen molar-refractivity contribution in [2.75, 3.05) is 26.2 Å². The Balaban J connectivity index is 1.19. The van der Waals surface area contributed by atoms with E-state index in [0.29, 0.717) is 41.0 Å². The predicted molar refractivity (Wildman–Crippen MR) is 123 cm³/mol. The molecule has 0 saturated carbocycles. The van der Waals surface area contributed by atoms with Crippen LogP contribution in [-0.2, 0) is 4.79 Å². The van der Waals surface area contributed by atoms with E-state index < -0.39 is 0 Å². The molecule has 32 heavy (non-hydrogen) atoms. The van der Waals surface area contributed by atoms with Gasteiger partial charge in [-0.15, -0.1) is 0 Å². The highest BCUT2D eigenvalue weighted by molar-refractivity contribution is 6.30. The highest BCUT2D eigenvalue weighted by Gasteiger charge is 2.37. The number of aromatic amines is 1. The summed E-state index contributed by atoms with van der Waals surface area (Å²) in [5.41, 5.74) is 3.01. The Hall–Kier alpha value is -3.19. The highest BCUT2D eigenvalue weighted by atomic mass is 35.5. The lowest BCUT2D eigenvalue weighted by Gasteiger charge is -2.21. The van der Waals surface area contributed by atoms with Crippen molar-refractivity contribution in [3.05, 3.63) is 64.7 Å². The molecule has 0 bridgehead atoms. The van der Waals surface area contributed by atoms with Crippen molar-refractivity contribution in [1.29, 1.82) is 0 Å². The lowest BCUT2D eigenvalue weighted by Crippen LogP contribution is -2.33. The van der Waals surface area contributed by atoms with Crippen molar-refractivity contribution < 1.29 is 9.59 Å². The number of halogens is 1. The minimum atomic E-state index is 0.0267. The summed E-state index contributed by atoms with van der Waals surface area (Å²) in [6.07, 6.45) is 5.26. The number of aromatic nitrogens is 3. The normalized spacial score (nSPS) is 21.2. The van der Waals surface area contributed by atoms with Crippen molar-refractivity contribution >= 4 is 40.5 Å². The zero-order chi connectivity index (χ0) is 22.1. The summed E-state index contributed by atoms with van der Waals surface area (Å²) in [6, 6.07) is 12.9. The number of nitrogens with one attached hydrogen (secondary N) is 1. The molecule has 2 amide bonds. The highest BCUT2D eigenvalue weighted by Crippen LogP contribution is 2.33. The van der Waals surface area contributed by atoms with Crippen molar-refractivity contribution in [1.82, 2.24) is 25.2 Å². The van der Waals surface area contributed by atoms with Crippen LogP contribution in [0.2, 0.25) is 5.02 Å². The third kappa shape index (κ3) is 4.25. The quantitative estimate of drug-likeness (QED) is 0.619. The molecule has 0 spiro atoms. The Kier molecular flexibility index (Phi) is 5.66. The minimum absolute atomic E-state index is 0.0267. The SMILES string of the molecule is O=C(/C=C/c1cccc(Cl)c1)N1CC[C@@H]2CN(C(=O)c3ccc4n[nH]nc4c3)C[C@@H]2CC1. The number of amides is 2. The molecule has 164 valence electrons. The van der Waals surface area contributed by atoms with Crippen LogP contribution in [0.3, 0.4) is 0 Å². The summed E-state index contributed by atoms with van der Waals surface area (Å²) in [7, 11) is 0. The van der Waals surface area contributed by atoms with E-state index in [4.69, 9.17) is 11.6 Å². The summed E-state index contributed by atoms with van der Waals surface area (Å²) < 4.78 is 0. The number of H-pyrrole nitrogens is 1. The average Bonchev–Trinajstić information content (AvgIpc) is 3.39. The Morgan fingerprint density at radius 2 is 1.72 bits per heavy atom. The van der Waals surface area contributed by atoms with E-state index in [1.165, 1.54) is 0 Å². The van der Waals surface area contributed by atoms with Crippen molar-refractivity contribution in [2.24, 2.45) is 11.8 Å². The van der Waals surface area contributed by atoms with Gasteiger partial charge in [0, 0.05) is 42.8 Å². The summed E-state index contributed by atoms with van der Waals surface area (Å²) >= 11 is 6.01. The van der Waals surface area contributed by atoms with Crippen LogP contribution in [0.15, 0.2) is 48.5 Å². The molecule has 3 heterocycles. The molecule has 2 aromatic carbocycles. The first-order valence-electron chi connectivity index (χ1n) is 10.9. The number of benzene rings is 2. The smallest absolute Gasteiger partial charge is 0.253 e. The molecular weight excluding hydrogens is 426 g/mol. The molecule has 1 N–H and O–H groups in total. The second-order valence-electron chi connectivity index (χ2n) is 8.55. The Bertz CT molecular complexity index is 1170. The minimum Gasteiger partial charge on any atom is -0.339 e. The largest absolute Gasteiger partial charge is 0.339 e. The zero-order valence-corrected chi connectivity index (χ0v) is 18.3. The van der Waals surface area contributed by atoms with Crippen LogP contribution in [0.4, 0.5) is 0 Å². The van der Waals surface area contributed by atoms with Crippen molar-refractivity contribution in [3.63, 3.8) is 0 Å². The van der Waals surface area contributed by atoms with E-state index in [1.807, 2.05) is 52.3 Å². The van der Waals surface area contributed by atoms with Crippen molar-refractivity contribution in [3.8, 4) is 0 Å². The predicted octanol–water partition coefficient (Wildman–Crippen LogP) is 3.64. The van der Waals surface area contributed by atoms with Crippen LogP contribution in [0, 0.1) is 11.8 Å². The molecule has 0 aliphatic carbocycles. The monoisotopic (exact) mass is 449 g/mol. The summed E-state index contributed by atoms with van der Waals surface area (Å²) in [4.78, 5) is 29.6. The molecule has 0 unspecified atom stereocenters. The van der Waals surface area contributed by atoms with E-state index in [-0.39, 0.29) is 11.8 Å². The number of carbonyl (C=O) groups excluding carboxylic acids is 2. The summed E-state index contributed by atoms with van der Waals surface area (Å²) in [5, 5.41) is 11.4. The van der Waals surface area contributed by atoms with Gasteiger partial charge in [0.15, 0.2) is 0 Å². The molecule has 2 aliphatic heterocycles. The van der Waals surface area contributed by atoms with Gasteiger partial charge in [-0.2, -0.15) is 15.4 Å². The second kappa shape index (κ2) is 8.74. The molecule has 3 aromatic rings. The first-order chi connectivity index (χ1) is 15.6. The van der Waals surface area contributed by atoms with Gasteiger partial charge in [-0.05, 0) is 66.6 Å². The lowest BCUT2D eigenvalue weighted by molar-refractivity contribution is -0.126. The number of hydrogen-bond donors (Lipinski definition) is 1. The maximum absolute atomic E-state index is 13.0. The van der Waals surface area contributed by atoms with E-state index in [2.05, 4.69) is 15.4 Å². The third-order valence-corrected chi connectivity index (χ3v) is 6.78. The van der Waals surface area contributed by atoms with Crippen LogP contribution in [0.1, 0.15) is 28.8 Å². The first-order valence-corrected chi connectivity index (χ1v) is 11.3. The Morgan fingerprint density at radius 1 is 0.969 bits per heavy atom. The van der Waals surface area contributed by atoms with Gasteiger partial charge in [0.2, 0.25) is 5.91 Å². The molecule has 2 atom stereocenters. The zero-order valence-electron chi connectivity index (χ0n) is 17.6. The van der Waals surface area contributed by atoms with Crippen LogP contribution in [0.5, 0.6) is 0 Å². The van der Waals surface area contributed by atoms with Gasteiger partial charge in [0.25, 0.3) is 5.91 Å². The van der Waals surface area contributed by atoms with E-state index in [9.17, 15) is 9.59 Å². The van der Waals surface area contributed by atoms with Gasteiger partial charge in [0.1, 0.15) is 11.0 Å². The second-order valence-corrected chi connectivity index (χ2v) is 8.98. The maximum Gasteiger partial charge on any atom is 0.253 e. The molecule has 7 nitrogen and oxygen atoms in total. The number of likely N-dealkylation sites (tertiary alicyclic amines) is 2. The lowest BCUT2D eigenvalue weighted by atomic mass is 9.92. The standard InChI is InChI=1S/C24H24ClN5O2/c25-20-3-1-2-16(12-20)4-7-23(31)29-10-8-18-14-30(15-19(18)9-11-29)24(32)17-5-6-21-22(13-17)27-28-26-21/h1-7,12-13,18-19H,8-11,14-15H2,(H,26,27,28)/b7-4+/t18-,19+. The fourth-order valence-electron chi connectivity index (χ4n) is 4.77. The average molecular weight is 450 g/mol. The number of carbonyl (C=O) groups is 2. The Labute approximate surface area is 191 Å². The van der Waals surface area contributed by atoms with E-state index in [0.717, 1.165) is 37.0 Å². The van der Waals surface area contributed by atoms with Gasteiger partial charge >= 0.3 is 0 Å². The molecule has 2 aliphatic rings. The number of nitrogens with zero attached hydrogens (tertiary/aromatic N) is 4. The topological polar surface area (TPSA) is 82.2 Å². The molecule has 8 heteroatoms. The summed E-state index contributed by atoms with van der Waals surface area (Å²) in [6.45, 7) is 2.90. The first kappa shape index (κ1) is 20.7. The molecular formula is C24H24ClN5O2. The van der Waals surface area contributed by atoms with E-state index in [1.54, 1.807) is 12.1 Å². The molecule has 2 saturated heterocycles. The van der Waals surface area contributed by atoms with Gasteiger partial charge in [-0.1, -0.05) is 23.7 Å². The summed E-state index contributed by atoms with van der Waals surface area (Å²) in [5.74, 6) is 0.910. The van der Waals surface area contributed by atoms with Gasteiger partial charge in [-0.3, -0.25) is 9.59 Å². The maximum atomic E-state index is 13.0. The number of fused-ring (bicyclic) bond motifs is 2. The third-order valence-electron chi connectivity index (χ3n) is 6.55. The number of rotatable bonds is 3. The Morgan fingerprint density at radius 3 is 2.47 bits per heavy atom. The van der Waals surface area contributed by atoms with Crippen LogP contribution >= 0.6 is 11.6 Å². The fraction of sp³-hybridized carbons (Fsp3) is 0.333. The molecule has 1 aromatic heterocycles. The van der Waals surface area contributed by atoms with E-state index >= 15 is 0 Å². The van der Waals surface area contributed by atoms with Crippen LogP contribution in [-0.4, -0.2) is 63.2 Å². The van der Waals surface area contributed by atoms with Crippen LogP contribution in [0.25, 0.3) is 17.1 Å². The van der Waals surface area contributed by atoms with Gasteiger partial charge < -0.3 is 9.80 Å². The van der Waals surface area contributed by atoms with Gasteiger partial charge in [0.05, 0.1) is 0 Å². The number of hydrogen-bond acceptors (Lipinski definition) is 4. The van der Waals surface area contributed by atoms with Crippen LogP contribution < -0.4 is 0 Å². The molecule has 5 rings (SSSR count). The molecule has 0 radical (unpaired) electrons. The van der Waals surface area contributed by atoms with Crippen molar-refractivity contribution in [2.45, 2.75) is 12.8 Å². The van der Waals surface area contributed by atoms with Gasteiger partial charge in [-0.25, -0.2) is 0 Å².